The molecule has 0 saturated carbocycles. The molecule has 2 fully saturated rings. The zero-order chi connectivity index (χ0) is 14.4. The number of carbonyl (C=O) groups is 1. The zero-order valence-corrected chi connectivity index (χ0v) is 15.4. The van der Waals surface area contributed by atoms with Gasteiger partial charge in [-0.15, -0.1) is 24.8 Å². The van der Waals surface area contributed by atoms with Crippen LogP contribution >= 0.6 is 24.8 Å². The van der Waals surface area contributed by atoms with Crippen LogP contribution in [-0.4, -0.2) is 62.3 Å². The molecule has 0 aliphatic carbocycles. The molecule has 0 aromatic heterocycles. The minimum Gasteiger partial charge on any atom is -0.373 e. The number of hydrogen-bond donors (Lipinski definition) is 2. The van der Waals surface area contributed by atoms with Crippen LogP contribution < -0.4 is 10.6 Å². The fourth-order valence-corrected chi connectivity index (χ4v) is 3.04. The van der Waals surface area contributed by atoms with Gasteiger partial charge in [-0.2, -0.15) is 0 Å². The summed E-state index contributed by atoms with van der Waals surface area (Å²) in [4.78, 5) is 14.2. The van der Waals surface area contributed by atoms with Gasteiger partial charge in [-0.05, 0) is 45.7 Å². The monoisotopic (exact) mass is 355 g/mol. The molecular formula is C15H31Cl2N3O2. The Labute approximate surface area is 146 Å². The van der Waals surface area contributed by atoms with Crippen LogP contribution in [0.5, 0.6) is 0 Å². The Kier molecular flexibility index (Phi) is 10.6. The molecule has 1 atom stereocenters. The van der Waals surface area contributed by atoms with Crippen LogP contribution in [0.1, 0.15) is 33.1 Å². The third kappa shape index (κ3) is 7.97. The van der Waals surface area contributed by atoms with E-state index in [1.54, 1.807) is 0 Å². The molecule has 0 aromatic carbocycles. The second kappa shape index (κ2) is 10.7. The van der Waals surface area contributed by atoms with Crippen molar-refractivity contribution < 1.29 is 9.53 Å². The molecule has 2 rings (SSSR count). The van der Waals surface area contributed by atoms with Gasteiger partial charge in [0.1, 0.15) is 0 Å². The summed E-state index contributed by atoms with van der Waals surface area (Å²) >= 11 is 0. The Bertz CT molecular complexity index is 324. The molecular weight excluding hydrogens is 325 g/mol. The molecule has 0 spiro atoms. The van der Waals surface area contributed by atoms with E-state index in [0.717, 1.165) is 52.3 Å². The lowest BCUT2D eigenvalue weighted by Gasteiger charge is -2.38. The highest BCUT2D eigenvalue weighted by Crippen LogP contribution is 2.16. The molecule has 2 heterocycles. The van der Waals surface area contributed by atoms with Crippen molar-refractivity contribution in [3.63, 3.8) is 0 Å². The maximum Gasteiger partial charge on any atom is 0.220 e. The highest BCUT2D eigenvalue weighted by molar-refractivity contribution is 5.85. The van der Waals surface area contributed by atoms with Gasteiger partial charge >= 0.3 is 0 Å². The van der Waals surface area contributed by atoms with Crippen LogP contribution in [-0.2, 0) is 9.53 Å². The van der Waals surface area contributed by atoms with E-state index in [0.29, 0.717) is 12.3 Å². The highest BCUT2D eigenvalue weighted by atomic mass is 35.5. The first kappa shape index (κ1) is 21.9. The predicted octanol–water partition coefficient (Wildman–Crippen LogP) is 1.45. The first-order chi connectivity index (χ1) is 9.55. The van der Waals surface area contributed by atoms with Crippen molar-refractivity contribution in [2.75, 3.05) is 45.9 Å². The minimum atomic E-state index is -0.0578. The topological polar surface area (TPSA) is 53.6 Å². The van der Waals surface area contributed by atoms with Crippen molar-refractivity contribution >= 4 is 30.7 Å². The van der Waals surface area contributed by atoms with E-state index < -0.39 is 0 Å². The third-order valence-electron chi connectivity index (χ3n) is 4.20. The fourth-order valence-electron chi connectivity index (χ4n) is 3.04. The molecule has 0 radical (unpaired) electrons. The molecule has 0 aromatic rings. The molecule has 5 nitrogen and oxygen atoms in total. The minimum absolute atomic E-state index is 0. The lowest BCUT2D eigenvalue weighted by Crippen LogP contribution is -2.50. The lowest BCUT2D eigenvalue weighted by atomic mass is 10.0. The molecule has 1 unspecified atom stereocenters. The van der Waals surface area contributed by atoms with Crippen LogP contribution in [0.25, 0.3) is 0 Å². The molecule has 2 aliphatic heterocycles. The maximum absolute atomic E-state index is 11.8. The van der Waals surface area contributed by atoms with E-state index in [1.165, 1.54) is 6.42 Å². The molecule has 2 saturated heterocycles. The average Bonchev–Trinajstić information content (AvgIpc) is 2.88. The first-order valence-corrected chi connectivity index (χ1v) is 7.89. The van der Waals surface area contributed by atoms with Crippen LogP contribution in [0.2, 0.25) is 0 Å². The van der Waals surface area contributed by atoms with Crippen LogP contribution in [0, 0.1) is 5.92 Å². The Morgan fingerprint density at radius 3 is 2.82 bits per heavy atom. The van der Waals surface area contributed by atoms with Crippen molar-refractivity contribution in [1.82, 2.24) is 15.5 Å². The Balaban J connectivity index is 0.00000220. The standard InChI is InChI=1S/C15H29N3O2.2ClH/c1-15(2)12-18(9-10-20-15)8-7-17-14(19)4-3-13-5-6-16-11-13;;/h13,16H,3-12H2,1-2H3,(H,17,19);2*1H. The molecule has 1 amide bonds. The number of carbonyl (C=O) groups excluding carboxylic acids is 1. The summed E-state index contributed by atoms with van der Waals surface area (Å²) in [6.07, 6.45) is 2.90. The molecule has 7 heteroatoms. The number of hydrogen-bond acceptors (Lipinski definition) is 4. The number of rotatable bonds is 6. The van der Waals surface area contributed by atoms with Gasteiger partial charge in [0.05, 0.1) is 12.2 Å². The number of nitrogens with one attached hydrogen (secondary N) is 2. The molecule has 0 bridgehead atoms. The predicted molar refractivity (Wildman–Crippen MR) is 94.2 cm³/mol. The third-order valence-corrected chi connectivity index (χ3v) is 4.20. The van der Waals surface area contributed by atoms with Crippen LogP contribution in [0.4, 0.5) is 0 Å². The van der Waals surface area contributed by atoms with Gasteiger partial charge in [-0.1, -0.05) is 0 Å². The van der Waals surface area contributed by atoms with Gasteiger partial charge < -0.3 is 15.4 Å². The van der Waals surface area contributed by atoms with Crippen molar-refractivity contribution in [3.8, 4) is 0 Å². The summed E-state index contributed by atoms with van der Waals surface area (Å²) in [6, 6.07) is 0. The van der Waals surface area contributed by atoms with Crippen molar-refractivity contribution in [1.29, 1.82) is 0 Å². The summed E-state index contributed by atoms with van der Waals surface area (Å²) < 4.78 is 5.68. The molecule has 2 aliphatic rings. The molecule has 132 valence electrons. The van der Waals surface area contributed by atoms with Crippen LogP contribution in [0.3, 0.4) is 0 Å². The Morgan fingerprint density at radius 2 is 2.18 bits per heavy atom. The zero-order valence-electron chi connectivity index (χ0n) is 13.7. The van der Waals surface area contributed by atoms with Gasteiger partial charge in [0, 0.05) is 32.6 Å². The molecule has 22 heavy (non-hydrogen) atoms. The summed E-state index contributed by atoms with van der Waals surface area (Å²) in [5.41, 5.74) is -0.0578. The number of halogens is 2. The van der Waals surface area contributed by atoms with E-state index in [1.807, 2.05) is 0 Å². The maximum atomic E-state index is 11.8. The quantitative estimate of drug-likeness (QED) is 0.756. The first-order valence-electron chi connectivity index (χ1n) is 7.89. The number of nitrogens with zero attached hydrogens (tertiary/aromatic N) is 1. The van der Waals surface area contributed by atoms with Crippen LogP contribution in [0.15, 0.2) is 0 Å². The van der Waals surface area contributed by atoms with E-state index in [-0.39, 0.29) is 36.3 Å². The summed E-state index contributed by atoms with van der Waals surface area (Å²) in [7, 11) is 0. The highest BCUT2D eigenvalue weighted by Gasteiger charge is 2.26. The normalized spacial score (nSPS) is 24.2. The van der Waals surface area contributed by atoms with Crippen molar-refractivity contribution in [2.24, 2.45) is 5.92 Å². The SMILES string of the molecule is CC1(C)CN(CCNC(=O)CCC2CCNC2)CCO1.Cl.Cl. The summed E-state index contributed by atoms with van der Waals surface area (Å²) in [5, 5.41) is 6.38. The second-order valence-corrected chi connectivity index (χ2v) is 6.63. The van der Waals surface area contributed by atoms with Gasteiger partial charge in [0.25, 0.3) is 0 Å². The van der Waals surface area contributed by atoms with Gasteiger partial charge in [-0.25, -0.2) is 0 Å². The summed E-state index contributed by atoms with van der Waals surface area (Å²) in [6.45, 7) is 10.8. The molecule has 2 N–H and O–H groups in total. The Morgan fingerprint density at radius 1 is 1.41 bits per heavy atom. The van der Waals surface area contributed by atoms with E-state index in [2.05, 4.69) is 29.4 Å². The Hall–Kier alpha value is -0.0700. The fraction of sp³-hybridized carbons (Fsp3) is 0.933. The number of amides is 1. The number of ether oxygens (including phenoxy) is 1. The van der Waals surface area contributed by atoms with E-state index in [9.17, 15) is 4.79 Å². The van der Waals surface area contributed by atoms with E-state index in [4.69, 9.17) is 4.74 Å². The summed E-state index contributed by atoms with van der Waals surface area (Å²) in [5.74, 6) is 0.894. The van der Waals surface area contributed by atoms with Crippen molar-refractivity contribution in [2.45, 2.75) is 38.7 Å². The smallest absolute Gasteiger partial charge is 0.220 e. The lowest BCUT2D eigenvalue weighted by molar-refractivity contribution is -0.121. The van der Waals surface area contributed by atoms with E-state index >= 15 is 0 Å². The van der Waals surface area contributed by atoms with Gasteiger partial charge in [0.2, 0.25) is 5.91 Å². The largest absolute Gasteiger partial charge is 0.373 e. The average molecular weight is 356 g/mol. The van der Waals surface area contributed by atoms with Crippen molar-refractivity contribution in [3.05, 3.63) is 0 Å². The van der Waals surface area contributed by atoms with Gasteiger partial charge in [0.15, 0.2) is 0 Å². The second-order valence-electron chi connectivity index (χ2n) is 6.63. The van der Waals surface area contributed by atoms with Gasteiger partial charge in [-0.3, -0.25) is 9.69 Å². The number of morpholine rings is 1.